The number of fused-ring (bicyclic) bond motifs is 1. The predicted octanol–water partition coefficient (Wildman–Crippen LogP) is 4.17. The van der Waals surface area contributed by atoms with Crippen molar-refractivity contribution in [2.45, 2.75) is 32.6 Å². The summed E-state index contributed by atoms with van der Waals surface area (Å²) in [6.45, 7) is 3.86. The predicted molar refractivity (Wildman–Crippen MR) is 126 cm³/mol. The molecule has 170 valence electrons. The van der Waals surface area contributed by atoms with Crippen LogP contribution in [-0.2, 0) is 6.42 Å². The lowest BCUT2D eigenvalue weighted by atomic mass is 9.81. The summed E-state index contributed by atoms with van der Waals surface area (Å²) in [5.74, 6) is 0.416. The maximum absolute atomic E-state index is 13.0. The van der Waals surface area contributed by atoms with Gasteiger partial charge in [-0.2, -0.15) is 0 Å². The Labute approximate surface area is 191 Å². The number of ketones is 1. The van der Waals surface area contributed by atoms with Crippen molar-refractivity contribution < 1.29 is 19.1 Å². The van der Waals surface area contributed by atoms with E-state index >= 15 is 0 Å². The molecule has 0 radical (unpaired) electrons. The number of pyridine rings is 1. The van der Waals surface area contributed by atoms with Gasteiger partial charge >= 0.3 is 0 Å². The zero-order chi connectivity index (χ0) is 23.7. The molecular formula is C26H26N2O5. The fraction of sp³-hybridized carbons (Fsp3) is 0.269. The third kappa shape index (κ3) is 4.53. The normalized spacial score (nSPS) is 15.0. The van der Waals surface area contributed by atoms with E-state index in [1.807, 2.05) is 44.2 Å². The lowest BCUT2D eigenvalue weighted by Gasteiger charge is -2.24. The third-order valence-electron chi connectivity index (χ3n) is 5.91. The molecule has 4 rings (SSSR count). The number of aromatic nitrogens is 1. The van der Waals surface area contributed by atoms with Crippen LogP contribution >= 0.6 is 0 Å². The van der Waals surface area contributed by atoms with Gasteiger partial charge in [-0.25, -0.2) is 0 Å². The number of ether oxygens (including phenoxy) is 2. The Balaban J connectivity index is 1.62. The van der Waals surface area contributed by atoms with Crippen LogP contribution < -0.4 is 20.3 Å². The van der Waals surface area contributed by atoms with Crippen LogP contribution in [0, 0.1) is 13.8 Å². The quantitative estimate of drug-likeness (QED) is 0.613. The number of rotatable bonds is 5. The summed E-state index contributed by atoms with van der Waals surface area (Å²) in [5.41, 5.74) is 3.86. The summed E-state index contributed by atoms with van der Waals surface area (Å²) in [4.78, 5) is 41.3. The number of amides is 1. The molecule has 1 aliphatic rings. The van der Waals surface area contributed by atoms with Gasteiger partial charge in [0.2, 0.25) is 0 Å². The van der Waals surface area contributed by atoms with E-state index in [-0.39, 0.29) is 23.7 Å². The van der Waals surface area contributed by atoms with Crippen LogP contribution in [0.15, 0.2) is 47.3 Å². The smallest absolute Gasteiger partial charge is 0.261 e. The first-order valence-corrected chi connectivity index (χ1v) is 10.7. The van der Waals surface area contributed by atoms with Crippen molar-refractivity contribution in [1.29, 1.82) is 0 Å². The summed E-state index contributed by atoms with van der Waals surface area (Å²) < 4.78 is 10.7. The van der Waals surface area contributed by atoms with Crippen LogP contribution in [0.5, 0.6) is 11.5 Å². The number of methoxy groups -OCH3 is 2. The van der Waals surface area contributed by atoms with Crippen molar-refractivity contribution in [2.75, 3.05) is 19.5 Å². The molecule has 1 amide bonds. The van der Waals surface area contributed by atoms with Crippen molar-refractivity contribution in [3.05, 3.63) is 86.3 Å². The Hall–Kier alpha value is -3.87. The van der Waals surface area contributed by atoms with Crippen molar-refractivity contribution in [3.8, 4) is 11.5 Å². The molecule has 0 spiro atoms. The van der Waals surface area contributed by atoms with Gasteiger partial charge in [0.1, 0.15) is 5.56 Å². The lowest BCUT2D eigenvalue weighted by Crippen LogP contribution is -2.29. The summed E-state index contributed by atoms with van der Waals surface area (Å²) in [7, 11) is 3.13. The number of carbonyl (C=O) groups excluding carboxylic acids is 2. The van der Waals surface area contributed by atoms with Crippen molar-refractivity contribution in [2.24, 2.45) is 0 Å². The summed E-state index contributed by atoms with van der Waals surface area (Å²) in [5, 5.41) is 2.76. The SMILES string of the molecule is COc1ccc(C2CC(=O)c3cc(C(=O)Nc4cc(C)cc(C)c4)c(=O)[nH]c3C2)cc1OC. The van der Waals surface area contributed by atoms with E-state index < -0.39 is 11.5 Å². The van der Waals surface area contributed by atoms with E-state index in [2.05, 4.69) is 10.3 Å². The van der Waals surface area contributed by atoms with E-state index in [0.717, 1.165) is 16.7 Å². The van der Waals surface area contributed by atoms with Gasteiger partial charge in [0.05, 0.1) is 14.2 Å². The zero-order valence-corrected chi connectivity index (χ0v) is 19.1. The highest BCUT2D eigenvalue weighted by Gasteiger charge is 2.29. The van der Waals surface area contributed by atoms with Crippen LogP contribution in [-0.4, -0.2) is 30.9 Å². The van der Waals surface area contributed by atoms with Crippen molar-refractivity contribution >= 4 is 17.4 Å². The van der Waals surface area contributed by atoms with Gasteiger partial charge < -0.3 is 19.8 Å². The topological polar surface area (TPSA) is 97.5 Å². The van der Waals surface area contributed by atoms with E-state index in [9.17, 15) is 14.4 Å². The van der Waals surface area contributed by atoms with Crippen LogP contribution in [0.2, 0.25) is 0 Å². The molecule has 1 aromatic heterocycles. The van der Waals surface area contributed by atoms with E-state index in [1.54, 1.807) is 20.3 Å². The number of Topliss-reactive ketones (excluding diaryl/α,β-unsaturated/α-hetero) is 1. The van der Waals surface area contributed by atoms with E-state index in [1.165, 1.54) is 6.07 Å². The monoisotopic (exact) mass is 446 g/mol. The first-order valence-electron chi connectivity index (χ1n) is 10.7. The Kier molecular flexibility index (Phi) is 6.05. The molecular weight excluding hydrogens is 420 g/mol. The number of nitrogens with one attached hydrogen (secondary N) is 2. The van der Waals surface area contributed by atoms with Crippen LogP contribution in [0.1, 0.15) is 55.4 Å². The number of anilines is 1. The summed E-state index contributed by atoms with van der Waals surface area (Å²) in [6.07, 6.45) is 0.747. The zero-order valence-electron chi connectivity index (χ0n) is 19.1. The summed E-state index contributed by atoms with van der Waals surface area (Å²) >= 11 is 0. The fourth-order valence-corrected chi connectivity index (χ4v) is 4.39. The molecule has 1 atom stereocenters. The van der Waals surface area contributed by atoms with Gasteiger partial charge in [0.25, 0.3) is 11.5 Å². The first-order chi connectivity index (χ1) is 15.8. The van der Waals surface area contributed by atoms with Crippen LogP contribution in [0.3, 0.4) is 0 Å². The minimum atomic E-state index is -0.543. The van der Waals surface area contributed by atoms with Crippen LogP contribution in [0.25, 0.3) is 0 Å². The summed E-state index contributed by atoms with van der Waals surface area (Å²) in [6, 6.07) is 12.6. The van der Waals surface area contributed by atoms with Gasteiger partial charge in [0, 0.05) is 23.4 Å². The van der Waals surface area contributed by atoms with Gasteiger partial charge in [-0.05, 0) is 73.2 Å². The van der Waals surface area contributed by atoms with Gasteiger partial charge in [0.15, 0.2) is 17.3 Å². The minimum Gasteiger partial charge on any atom is -0.493 e. The van der Waals surface area contributed by atoms with Crippen molar-refractivity contribution in [3.63, 3.8) is 0 Å². The number of carbonyl (C=O) groups is 2. The lowest BCUT2D eigenvalue weighted by molar-refractivity contribution is 0.0963. The van der Waals surface area contributed by atoms with Crippen molar-refractivity contribution in [1.82, 2.24) is 4.98 Å². The average Bonchev–Trinajstić information content (AvgIpc) is 2.77. The Bertz CT molecular complexity index is 1290. The highest BCUT2D eigenvalue weighted by atomic mass is 16.5. The highest BCUT2D eigenvalue weighted by molar-refractivity contribution is 6.06. The third-order valence-corrected chi connectivity index (χ3v) is 5.91. The van der Waals surface area contributed by atoms with E-state index in [0.29, 0.717) is 34.9 Å². The molecule has 1 heterocycles. The number of aryl methyl sites for hydroxylation is 2. The Morgan fingerprint density at radius 3 is 2.30 bits per heavy atom. The maximum Gasteiger partial charge on any atom is 0.261 e. The average molecular weight is 447 g/mol. The maximum atomic E-state index is 13.0. The number of benzene rings is 2. The second-order valence-electron chi connectivity index (χ2n) is 8.38. The molecule has 3 aromatic rings. The van der Waals surface area contributed by atoms with Gasteiger partial charge in [-0.1, -0.05) is 12.1 Å². The molecule has 1 unspecified atom stereocenters. The molecule has 1 aliphatic carbocycles. The Morgan fingerprint density at radius 1 is 0.939 bits per heavy atom. The van der Waals surface area contributed by atoms with E-state index in [4.69, 9.17) is 9.47 Å². The molecule has 0 aliphatic heterocycles. The molecule has 0 fully saturated rings. The number of hydrogen-bond acceptors (Lipinski definition) is 5. The standard InChI is InChI=1S/C26H26N2O5/c1-14-7-15(2)9-18(8-14)27-25(30)20-13-19-21(28-26(20)31)10-17(11-22(19)29)16-5-6-23(32-3)24(12-16)33-4/h5-9,12-13,17H,10-11H2,1-4H3,(H,27,30)(H,28,31). The van der Waals surface area contributed by atoms with Gasteiger partial charge in [-0.15, -0.1) is 0 Å². The molecule has 2 aromatic carbocycles. The number of H-pyrrole nitrogens is 1. The number of hydrogen-bond donors (Lipinski definition) is 2. The molecule has 33 heavy (non-hydrogen) atoms. The largest absolute Gasteiger partial charge is 0.493 e. The number of aromatic amines is 1. The molecule has 0 saturated heterocycles. The second-order valence-corrected chi connectivity index (χ2v) is 8.38. The molecule has 0 bridgehead atoms. The molecule has 2 N–H and O–H groups in total. The first kappa shape index (κ1) is 22.3. The molecule has 0 saturated carbocycles. The second kappa shape index (κ2) is 8.94. The molecule has 7 heteroatoms. The fourth-order valence-electron chi connectivity index (χ4n) is 4.39. The Morgan fingerprint density at radius 2 is 1.64 bits per heavy atom. The van der Waals surface area contributed by atoms with Crippen LogP contribution in [0.4, 0.5) is 5.69 Å². The molecule has 7 nitrogen and oxygen atoms in total. The minimum absolute atomic E-state index is 0.0779. The highest BCUT2D eigenvalue weighted by Crippen LogP contribution is 2.36. The van der Waals surface area contributed by atoms with Gasteiger partial charge in [-0.3, -0.25) is 14.4 Å².